The third kappa shape index (κ3) is 1.76. The van der Waals surface area contributed by atoms with E-state index in [1.54, 1.807) is 6.08 Å². The topological polar surface area (TPSA) is 58.9 Å². The molecule has 0 saturated heterocycles. The lowest BCUT2D eigenvalue weighted by atomic mass is 10.1. The monoisotopic (exact) mass is 200 g/mol. The van der Waals surface area contributed by atoms with E-state index in [2.05, 4.69) is 4.98 Å². The standard InChI is InChI=1S/C12H12N2O/c1-8-9(6-7-12(13)15)10-4-2-3-5-11(10)14-8/h2-7,14H,1H3,(H2,13,15)/b7-6+. The Balaban J connectivity index is 2.59. The van der Waals surface area contributed by atoms with E-state index in [1.807, 2.05) is 31.2 Å². The second kappa shape index (κ2) is 3.61. The molecule has 2 aromatic rings. The molecule has 0 radical (unpaired) electrons. The molecular weight excluding hydrogens is 188 g/mol. The summed E-state index contributed by atoms with van der Waals surface area (Å²) < 4.78 is 0. The largest absolute Gasteiger partial charge is 0.366 e. The third-order valence-electron chi connectivity index (χ3n) is 2.36. The molecule has 0 aliphatic rings. The van der Waals surface area contributed by atoms with Gasteiger partial charge in [-0.25, -0.2) is 0 Å². The summed E-state index contributed by atoms with van der Waals surface area (Å²) in [6, 6.07) is 7.96. The van der Waals surface area contributed by atoms with Crippen molar-refractivity contribution < 1.29 is 4.79 Å². The highest BCUT2D eigenvalue weighted by molar-refractivity contribution is 5.96. The van der Waals surface area contributed by atoms with E-state index < -0.39 is 5.91 Å². The first-order valence-electron chi connectivity index (χ1n) is 4.73. The number of primary amides is 1. The van der Waals surface area contributed by atoms with E-state index >= 15 is 0 Å². The van der Waals surface area contributed by atoms with Gasteiger partial charge in [0.1, 0.15) is 0 Å². The van der Waals surface area contributed by atoms with E-state index in [9.17, 15) is 4.79 Å². The Morgan fingerprint density at radius 2 is 2.13 bits per heavy atom. The first-order valence-corrected chi connectivity index (χ1v) is 4.73. The SMILES string of the molecule is Cc1[nH]c2ccccc2c1/C=C/C(N)=O. The van der Waals surface area contributed by atoms with Gasteiger partial charge in [0, 0.05) is 28.2 Å². The average Bonchev–Trinajstić information content (AvgIpc) is 2.50. The number of hydrogen-bond acceptors (Lipinski definition) is 1. The molecule has 0 unspecified atom stereocenters. The van der Waals surface area contributed by atoms with Gasteiger partial charge in [0.25, 0.3) is 0 Å². The molecule has 0 aliphatic carbocycles. The Hall–Kier alpha value is -2.03. The number of carbonyl (C=O) groups is 1. The number of amides is 1. The Kier molecular flexibility index (Phi) is 2.29. The van der Waals surface area contributed by atoms with Gasteiger partial charge >= 0.3 is 0 Å². The summed E-state index contributed by atoms with van der Waals surface area (Å²) in [5, 5.41) is 1.10. The van der Waals surface area contributed by atoms with Crippen LogP contribution in [0.5, 0.6) is 0 Å². The van der Waals surface area contributed by atoms with Crippen LogP contribution in [0.4, 0.5) is 0 Å². The van der Waals surface area contributed by atoms with Crippen molar-refractivity contribution in [3.05, 3.63) is 41.6 Å². The fourth-order valence-electron chi connectivity index (χ4n) is 1.68. The molecule has 0 spiro atoms. The maximum atomic E-state index is 10.7. The lowest BCUT2D eigenvalue weighted by Crippen LogP contribution is -2.05. The van der Waals surface area contributed by atoms with Crippen LogP contribution in [0.2, 0.25) is 0 Å². The highest BCUT2D eigenvalue weighted by atomic mass is 16.1. The predicted molar refractivity (Wildman–Crippen MR) is 61.3 cm³/mol. The zero-order valence-electron chi connectivity index (χ0n) is 8.45. The van der Waals surface area contributed by atoms with Crippen LogP contribution in [0.25, 0.3) is 17.0 Å². The molecule has 1 aromatic carbocycles. The Bertz CT molecular complexity index is 538. The molecule has 3 nitrogen and oxygen atoms in total. The summed E-state index contributed by atoms with van der Waals surface area (Å²) >= 11 is 0. The van der Waals surface area contributed by atoms with Crippen molar-refractivity contribution in [1.29, 1.82) is 0 Å². The summed E-state index contributed by atoms with van der Waals surface area (Å²) in [6.45, 7) is 1.97. The van der Waals surface area contributed by atoms with Crippen molar-refractivity contribution in [3.8, 4) is 0 Å². The third-order valence-corrected chi connectivity index (χ3v) is 2.36. The summed E-state index contributed by atoms with van der Waals surface area (Å²) in [4.78, 5) is 13.9. The van der Waals surface area contributed by atoms with E-state index in [1.165, 1.54) is 6.08 Å². The fraction of sp³-hybridized carbons (Fsp3) is 0.0833. The number of H-pyrrole nitrogens is 1. The van der Waals surface area contributed by atoms with Crippen molar-refractivity contribution in [2.24, 2.45) is 5.73 Å². The van der Waals surface area contributed by atoms with Gasteiger partial charge in [-0.2, -0.15) is 0 Å². The summed E-state index contributed by atoms with van der Waals surface area (Å²) in [5.41, 5.74) is 8.19. The molecule has 3 heteroatoms. The Morgan fingerprint density at radius 3 is 2.87 bits per heavy atom. The number of hydrogen-bond donors (Lipinski definition) is 2. The van der Waals surface area contributed by atoms with Gasteiger partial charge in [0.05, 0.1) is 0 Å². The highest BCUT2D eigenvalue weighted by Crippen LogP contribution is 2.22. The van der Waals surface area contributed by atoms with Crippen LogP contribution in [-0.2, 0) is 4.79 Å². The minimum atomic E-state index is -0.431. The maximum absolute atomic E-state index is 10.7. The molecule has 3 N–H and O–H groups in total. The number of benzene rings is 1. The molecule has 1 amide bonds. The Labute approximate surface area is 87.6 Å². The van der Waals surface area contributed by atoms with E-state index in [-0.39, 0.29) is 0 Å². The smallest absolute Gasteiger partial charge is 0.241 e. The highest BCUT2D eigenvalue weighted by Gasteiger charge is 2.04. The van der Waals surface area contributed by atoms with Gasteiger partial charge < -0.3 is 10.7 Å². The van der Waals surface area contributed by atoms with Crippen molar-refractivity contribution in [2.75, 3.05) is 0 Å². The molecule has 0 atom stereocenters. The molecule has 0 bridgehead atoms. The number of nitrogens with two attached hydrogens (primary N) is 1. The number of carbonyl (C=O) groups excluding carboxylic acids is 1. The quantitative estimate of drug-likeness (QED) is 0.715. The van der Waals surface area contributed by atoms with Crippen LogP contribution in [0.3, 0.4) is 0 Å². The van der Waals surface area contributed by atoms with Crippen LogP contribution in [0.15, 0.2) is 30.3 Å². The van der Waals surface area contributed by atoms with Gasteiger partial charge in [-0.3, -0.25) is 4.79 Å². The number of aryl methyl sites for hydroxylation is 1. The molecule has 76 valence electrons. The number of aromatic nitrogens is 1. The van der Waals surface area contributed by atoms with Crippen LogP contribution in [0, 0.1) is 6.92 Å². The minimum Gasteiger partial charge on any atom is -0.366 e. The second-order valence-electron chi connectivity index (χ2n) is 3.44. The van der Waals surface area contributed by atoms with E-state index in [4.69, 9.17) is 5.73 Å². The first kappa shape index (κ1) is 9.52. The Morgan fingerprint density at radius 1 is 1.40 bits per heavy atom. The van der Waals surface area contributed by atoms with Gasteiger partial charge in [0.2, 0.25) is 5.91 Å². The molecule has 2 rings (SSSR count). The number of para-hydroxylation sites is 1. The van der Waals surface area contributed by atoms with Crippen LogP contribution in [0.1, 0.15) is 11.3 Å². The molecule has 1 heterocycles. The summed E-state index contributed by atoms with van der Waals surface area (Å²) in [5.74, 6) is -0.431. The number of fused-ring (bicyclic) bond motifs is 1. The molecular formula is C12H12N2O. The normalized spacial score (nSPS) is 11.3. The molecule has 15 heavy (non-hydrogen) atoms. The summed E-state index contributed by atoms with van der Waals surface area (Å²) in [7, 11) is 0. The van der Waals surface area contributed by atoms with Crippen molar-refractivity contribution in [1.82, 2.24) is 4.98 Å². The van der Waals surface area contributed by atoms with Crippen molar-refractivity contribution in [2.45, 2.75) is 6.92 Å². The number of aromatic amines is 1. The lowest BCUT2D eigenvalue weighted by molar-refractivity contribution is -0.113. The van der Waals surface area contributed by atoms with E-state index in [0.29, 0.717) is 0 Å². The molecule has 0 saturated carbocycles. The number of nitrogens with one attached hydrogen (secondary N) is 1. The minimum absolute atomic E-state index is 0.431. The maximum Gasteiger partial charge on any atom is 0.241 e. The van der Waals surface area contributed by atoms with Gasteiger partial charge in [-0.05, 0) is 19.1 Å². The number of rotatable bonds is 2. The van der Waals surface area contributed by atoms with Crippen LogP contribution < -0.4 is 5.73 Å². The molecule has 0 fully saturated rings. The van der Waals surface area contributed by atoms with Gasteiger partial charge in [-0.1, -0.05) is 18.2 Å². The molecule has 0 aliphatic heterocycles. The predicted octanol–water partition coefficient (Wildman–Crippen LogP) is 1.97. The van der Waals surface area contributed by atoms with Crippen LogP contribution >= 0.6 is 0 Å². The fourth-order valence-corrected chi connectivity index (χ4v) is 1.68. The average molecular weight is 200 g/mol. The van der Waals surface area contributed by atoms with Crippen molar-refractivity contribution in [3.63, 3.8) is 0 Å². The van der Waals surface area contributed by atoms with Crippen LogP contribution in [-0.4, -0.2) is 10.9 Å². The van der Waals surface area contributed by atoms with Gasteiger partial charge in [0.15, 0.2) is 0 Å². The zero-order chi connectivity index (χ0) is 10.8. The van der Waals surface area contributed by atoms with Crippen molar-refractivity contribution >= 4 is 22.9 Å². The first-order chi connectivity index (χ1) is 7.18. The van der Waals surface area contributed by atoms with Gasteiger partial charge in [-0.15, -0.1) is 0 Å². The second-order valence-corrected chi connectivity index (χ2v) is 3.44. The summed E-state index contributed by atoms with van der Waals surface area (Å²) in [6.07, 6.45) is 3.12. The zero-order valence-corrected chi connectivity index (χ0v) is 8.45. The van der Waals surface area contributed by atoms with E-state index in [0.717, 1.165) is 22.2 Å². The molecule has 1 aromatic heterocycles. The lowest BCUT2D eigenvalue weighted by Gasteiger charge is -1.91.